The van der Waals surface area contributed by atoms with Crippen LogP contribution in [0.2, 0.25) is 5.28 Å². The summed E-state index contributed by atoms with van der Waals surface area (Å²) >= 11 is 7.78. The molecular formula is C16H22ClN3S. The van der Waals surface area contributed by atoms with Crippen molar-refractivity contribution in [1.82, 2.24) is 9.97 Å². The molecule has 1 fully saturated rings. The van der Waals surface area contributed by atoms with Gasteiger partial charge in [-0.15, -0.1) is 11.3 Å². The SMILES string of the molecule is CCc1cc2c(NCC3CCCC(C)C3)nc(Cl)nc2s1. The molecule has 5 heteroatoms. The summed E-state index contributed by atoms with van der Waals surface area (Å²) in [5.41, 5.74) is 0. The van der Waals surface area contributed by atoms with Crippen molar-refractivity contribution in [2.45, 2.75) is 46.0 Å². The minimum atomic E-state index is 0.339. The van der Waals surface area contributed by atoms with Crippen molar-refractivity contribution in [3.63, 3.8) is 0 Å². The van der Waals surface area contributed by atoms with Gasteiger partial charge in [0, 0.05) is 11.4 Å². The van der Waals surface area contributed by atoms with Gasteiger partial charge < -0.3 is 5.32 Å². The van der Waals surface area contributed by atoms with Crippen LogP contribution >= 0.6 is 22.9 Å². The number of anilines is 1. The van der Waals surface area contributed by atoms with Crippen LogP contribution in [0.3, 0.4) is 0 Å². The van der Waals surface area contributed by atoms with Crippen LogP contribution in [-0.2, 0) is 6.42 Å². The summed E-state index contributed by atoms with van der Waals surface area (Å²) in [7, 11) is 0. The zero-order valence-electron chi connectivity index (χ0n) is 12.7. The zero-order valence-corrected chi connectivity index (χ0v) is 14.2. The third kappa shape index (κ3) is 3.49. The average Bonchev–Trinajstić information content (AvgIpc) is 2.87. The van der Waals surface area contributed by atoms with Crippen LogP contribution < -0.4 is 5.32 Å². The number of aryl methyl sites for hydroxylation is 1. The Morgan fingerprint density at radius 2 is 2.24 bits per heavy atom. The minimum Gasteiger partial charge on any atom is -0.369 e. The number of halogens is 1. The quantitative estimate of drug-likeness (QED) is 0.791. The molecule has 0 radical (unpaired) electrons. The van der Waals surface area contributed by atoms with Gasteiger partial charge >= 0.3 is 0 Å². The number of hydrogen-bond acceptors (Lipinski definition) is 4. The number of rotatable bonds is 4. The van der Waals surface area contributed by atoms with E-state index in [0.29, 0.717) is 5.28 Å². The number of hydrogen-bond donors (Lipinski definition) is 1. The summed E-state index contributed by atoms with van der Waals surface area (Å²) in [4.78, 5) is 11.1. The molecule has 3 rings (SSSR count). The molecule has 1 aliphatic carbocycles. The number of nitrogens with one attached hydrogen (secondary N) is 1. The third-order valence-corrected chi connectivity index (χ3v) is 5.71. The van der Waals surface area contributed by atoms with Gasteiger partial charge in [0.2, 0.25) is 5.28 Å². The van der Waals surface area contributed by atoms with Crippen LogP contribution in [0.15, 0.2) is 6.07 Å². The molecule has 114 valence electrons. The monoisotopic (exact) mass is 323 g/mol. The van der Waals surface area contributed by atoms with Gasteiger partial charge in [-0.3, -0.25) is 0 Å². The van der Waals surface area contributed by atoms with Crippen molar-refractivity contribution in [1.29, 1.82) is 0 Å². The van der Waals surface area contributed by atoms with Crippen LogP contribution in [0, 0.1) is 11.8 Å². The highest BCUT2D eigenvalue weighted by molar-refractivity contribution is 7.18. The highest BCUT2D eigenvalue weighted by Crippen LogP contribution is 2.32. The van der Waals surface area contributed by atoms with E-state index in [1.54, 1.807) is 11.3 Å². The fraction of sp³-hybridized carbons (Fsp3) is 0.625. The topological polar surface area (TPSA) is 37.8 Å². The molecule has 0 amide bonds. The molecule has 0 bridgehead atoms. The van der Waals surface area contributed by atoms with Gasteiger partial charge in [-0.25, -0.2) is 9.97 Å². The summed E-state index contributed by atoms with van der Waals surface area (Å²) in [6.45, 7) is 5.51. The maximum atomic E-state index is 6.07. The van der Waals surface area contributed by atoms with Gasteiger partial charge in [-0.2, -0.15) is 0 Å². The highest BCUT2D eigenvalue weighted by Gasteiger charge is 2.19. The first-order valence-corrected chi connectivity index (χ1v) is 9.05. The van der Waals surface area contributed by atoms with E-state index in [9.17, 15) is 0 Å². The standard InChI is InChI=1S/C16H22ClN3S/c1-3-12-8-13-14(19-16(17)20-15(13)21-12)18-9-11-6-4-5-10(2)7-11/h8,10-11H,3-7,9H2,1-2H3,(H,18,19,20). The maximum absolute atomic E-state index is 6.07. The first-order valence-electron chi connectivity index (χ1n) is 7.85. The Kier molecular flexibility index (Phi) is 4.65. The second-order valence-corrected chi connectivity index (χ2v) is 7.60. The second kappa shape index (κ2) is 6.49. The van der Waals surface area contributed by atoms with Gasteiger partial charge in [0.15, 0.2) is 0 Å². The summed E-state index contributed by atoms with van der Waals surface area (Å²) in [6.07, 6.45) is 6.40. The third-order valence-electron chi connectivity index (χ3n) is 4.37. The van der Waals surface area contributed by atoms with E-state index in [1.807, 2.05) is 0 Å². The Balaban J connectivity index is 1.77. The van der Waals surface area contributed by atoms with Gasteiger partial charge in [0.05, 0.1) is 5.39 Å². The van der Waals surface area contributed by atoms with E-state index in [-0.39, 0.29) is 0 Å². The molecule has 3 nitrogen and oxygen atoms in total. The summed E-state index contributed by atoms with van der Waals surface area (Å²) in [5, 5.41) is 4.98. The fourth-order valence-corrected chi connectivity index (χ4v) is 4.43. The molecule has 0 aromatic carbocycles. The fourth-order valence-electron chi connectivity index (χ4n) is 3.24. The Morgan fingerprint density at radius 1 is 1.38 bits per heavy atom. The van der Waals surface area contributed by atoms with E-state index in [0.717, 1.165) is 40.8 Å². The number of thiophene rings is 1. The van der Waals surface area contributed by atoms with Gasteiger partial charge in [-0.1, -0.05) is 26.7 Å². The summed E-state index contributed by atoms with van der Waals surface area (Å²) in [5.74, 6) is 2.51. The van der Waals surface area contributed by atoms with Crippen LogP contribution in [-0.4, -0.2) is 16.5 Å². The predicted octanol–water partition coefficient (Wildman–Crippen LogP) is 5.15. The number of nitrogens with zero attached hydrogens (tertiary/aromatic N) is 2. The van der Waals surface area contributed by atoms with E-state index in [1.165, 1.54) is 30.6 Å². The Hall–Kier alpha value is -0.870. The van der Waals surface area contributed by atoms with Crippen molar-refractivity contribution in [3.05, 3.63) is 16.2 Å². The van der Waals surface area contributed by atoms with Crippen molar-refractivity contribution >= 4 is 39.0 Å². The highest BCUT2D eigenvalue weighted by atomic mass is 35.5. The normalized spacial score (nSPS) is 22.6. The van der Waals surface area contributed by atoms with E-state index in [2.05, 4.69) is 35.2 Å². The first kappa shape index (κ1) is 15.0. The molecule has 2 aromatic heterocycles. The lowest BCUT2D eigenvalue weighted by Crippen LogP contribution is -2.21. The molecule has 21 heavy (non-hydrogen) atoms. The minimum absolute atomic E-state index is 0.339. The summed E-state index contributed by atoms with van der Waals surface area (Å²) in [6, 6.07) is 2.20. The van der Waals surface area contributed by atoms with Crippen molar-refractivity contribution in [2.75, 3.05) is 11.9 Å². The van der Waals surface area contributed by atoms with E-state index >= 15 is 0 Å². The molecular weight excluding hydrogens is 302 g/mol. The molecule has 1 aliphatic rings. The van der Waals surface area contributed by atoms with Crippen LogP contribution in [0.4, 0.5) is 5.82 Å². The van der Waals surface area contributed by atoms with E-state index < -0.39 is 0 Å². The Bertz CT molecular complexity index is 625. The molecule has 2 atom stereocenters. The van der Waals surface area contributed by atoms with Crippen molar-refractivity contribution in [2.24, 2.45) is 11.8 Å². The predicted molar refractivity (Wildman–Crippen MR) is 91.4 cm³/mol. The largest absolute Gasteiger partial charge is 0.369 e. The van der Waals surface area contributed by atoms with Gasteiger partial charge in [0.25, 0.3) is 0 Å². The van der Waals surface area contributed by atoms with Crippen molar-refractivity contribution in [3.8, 4) is 0 Å². The van der Waals surface area contributed by atoms with Crippen LogP contribution in [0.1, 0.15) is 44.4 Å². The molecule has 0 aliphatic heterocycles. The van der Waals surface area contributed by atoms with E-state index in [4.69, 9.17) is 11.6 Å². The molecule has 2 heterocycles. The molecule has 0 spiro atoms. The second-order valence-electron chi connectivity index (χ2n) is 6.15. The Labute approximate surface area is 135 Å². The van der Waals surface area contributed by atoms with Crippen LogP contribution in [0.25, 0.3) is 10.2 Å². The van der Waals surface area contributed by atoms with Crippen molar-refractivity contribution < 1.29 is 0 Å². The zero-order chi connectivity index (χ0) is 14.8. The number of aromatic nitrogens is 2. The molecule has 2 aromatic rings. The summed E-state index contributed by atoms with van der Waals surface area (Å²) < 4.78 is 0. The molecule has 1 N–H and O–H groups in total. The lowest BCUT2D eigenvalue weighted by Gasteiger charge is -2.27. The lowest BCUT2D eigenvalue weighted by molar-refractivity contribution is 0.293. The average molecular weight is 324 g/mol. The van der Waals surface area contributed by atoms with Crippen LogP contribution in [0.5, 0.6) is 0 Å². The number of fused-ring (bicyclic) bond motifs is 1. The van der Waals surface area contributed by atoms with Gasteiger partial charge in [0.1, 0.15) is 10.6 Å². The lowest BCUT2D eigenvalue weighted by atomic mass is 9.82. The molecule has 2 unspecified atom stereocenters. The molecule has 0 saturated heterocycles. The Morgan fingerprint density at radius 3 is 3.00 bits per heavy atom. The van der Waals surface area contributed by atoms with Gasteiger partial charge in [-0.05, 0) is 48.8 Å². The molecule has 1 saturated carbocycles. The first-order chi connectivity index (χ1) is 10.2. The maximum Gasteiger partial charge on any atom is 0.225 e. The smallest absolute Gasteiger partial charge is 0.225 e.